The minimum absolute atomic E-state index is 0.0590. The van der Waals surface area contributed by atoms with E-state index in [1.54, 1.807) is 25.7 Å². The van der Waals surface area contributed by atoms with Crippen LogP contribution in [-0.4, -0.2) is 56.6 Å². The Morgan fingerprint density at radius 2 is 1.73 bits per heavy atom. The number of hydrogen-bond donors (Lipinski definition) is 0. The topological polar surface area (TPSA) is 82.4 Å². The van der Waals surface area contributed by atoms with Gasteiger partial charge in [-0.15, -0.1) is 0 Å². The number of pyridine rings is 1. The summed E-state index contributed by atoms with van der Waals surface area (Å²) in [6, 6.07) is 15.4. The Kier molecular flexibility index (Phi) is 5.64. The van der Waals surface area contributed by atoms with Crippen molar-refractivity contribution in [3.8, 4) is 17.3 Å². The minimum Gasteiger partial charge on any atom is -0.494 e. The average molecular weight is 444 g/mol. The van der Waals surface area contributed by atoms with Crippen LogP contribution in [0, 0.1) is 0 Å². The summed E-state index contributed by atoms with van der Waals surface area (Å²) in [5.41, 5.74) is 1.22. The zero-order valence-electron chi connectivity index (χ0n) is 18.6. The highest BCUT2D eigenvalue weighted by molar-refractivity contribution is 5.98. The Balaban J connectivity index is 1.40. The molecular formula is C25H25N5O3. The largest absolute Gasteiger partial charge is 0.494 e. The molecule has 4 aromatic rings. The third-order valence-corrected chi connectivity index (χ3v) is 6.09. The van der Waals surface area contributed by atoms with Crippen molar-refractivity contribution in [1.82, 2.24) is 24.9 Å². The van der Waals surface area contributed by atoms with E-state index in [1.165, 1.54) is 4.80 Å². The molecule has 2 aromatic carbocycles. The van der Waals surface area contributed by atoms with E-state index in [9.17, 15) is 4.79 Å². The summed E-state index contributed by atoms with van der Waals surface area (Å²) in [7, 11) is 1.63. The molecule has 1 fully saturated rings. The predicted octanol–water partition coefficient (Wildman–Crippen LogP) is 3.90. The Bertz CT molecular complexity index is 1270. The van der Waals surface area contributed by atoms with Crippen LogP contribution in [0.1, 0.15) is 30.1 Å². The summed E-state index contributed by atoms with van der Waals surface area (Å²) >= 11 is 0. The maximum absolute atomic E-state index is 13.6. The molecule has 0 saturated carbocycles. The number of nitrogens with zero attached hydrogens (tertiary/aromatic N) is 5. The Morgan fingerprint density at radius 1 is 1.00 bits per heavy atom. The van der Waals surface area contributed by atoms with Crippen molar-refractivity contribution >= 4 is 16.7 Å². The summed E-state index contributed by atoms with van der Waals surface area (Å²) < 4.78 is 11.8. The van der Waals surface area contributed by atoms with Crippen molar-refractivity contribution in [1.29, 1.82) is 0 Å². The normalized spacial score (nSPS) is 18.3. The molecular weight excluding hydrogens is 418 g/mol. The predicted molar refractivity (Wildman–Crippen MR) is 124 cm³/mol. The van der Waals surface area contributed by atoms with Gasteiger partial charge in [-0.05, 0) is 38.0 Å². The maximum atomic E-state index is 13.6. The lowest BCUT2D eigenvalue weighted by atomic mass is 9.99. The average Bonchev–Trinajstić information content (AvgIpc) is 3.40. The highest BCUT2D eigenvalue weighted by Gasteiger charge is 2.32. The van der Waals surface area contributed by atoms with E-state index in [4.69, 9.17) is 9.47 Å². The number of ether oxygens (including phenoxy) is 2. The zero-order valence-corrected chi connectivity index (χ0v) is 18.6. The van der Waals surface area contributed by atoms with Crippen molar-refractivity contribution in [3.05, 3.63) is 72.7 Å². The minimum atomic E-state index is -0.163. The molecule has 0 bridgehead atoms. The Hall–Kier alpha value is -3.94. The van der Waals surface area contributed by atoms with Crippen LogP contribution < -0.4 is 9.47 Å². The molecule has 1 aliphatic heterocycles. The molecule has 8 nitrogen and oxygen atoms in total. The zero-order chi connectivity index (χ0) is 22.8. The van der Waals surface area contributed by atoms with Crippen molar-refractivity contribution in [3.63, 3.8) is 0 Å². The van der Waals surface area contributed by atoms with E-state index in [2.05, 4.69) is 22.1 Å². The van der Waals surface area contributed by atoms with E-state index in [-0.39, 0.29) is 18.1 Å². The van der Waals surface area contributed by atoms with Crippen LogP contribution in [-0.2, 0) is 0 Å². The maximum Gasteiger partial charge on any atom is 0.256 e. The van der Waals surface area contributed by atoms with Crippen molar-refractivity contribution in [2.45, 2.75) is 31.9 Å². The molecule has 3 heterocycles. The highest BCUT2D eigenvalue weighted by Crippen LogP contribution is 2.32. The van der Waals surface area contributed by atoms with Crippen LogP contribution in [0.4, 0.5) is 0 Å². The molecule has 0 N–H and O–H groups in total. The molecule has 1 saturated heterocycles. The van der Waals surface area contributed by atoms with Gasteiger partial charge in [-0.2, -0.15) is 15.0 Å². The summed E-state index contributed by atoms with van der Waals surface area (Å²) in [5, 5.41) is 10.2. The summed E-state index contributed by atoms with van der Waals surface area (Å²) in [6.07, 6.45) is 6.40. The number of benzene rings is 2. The van der Waals surface area contributed by atoms with E-state index in [0.717, 1.165) is 23.6 Å². The second-order valence-electron chi connectivity index (χ2n) is 8.14. The van der Waals surface area contributed by atoms with Gasteiger partial charge in [0, 0.05) is 16.8 Å². The van der Waals surface area contributed by atoms with Crippen molar-refractivity contribution < 1.29 is 14.3 Å². The number of para-hydroxylation sites is 1. The molecule has 2 atom stereocenters. The van der Waals surface area contributed by atoms with Gasteiger partial charge in [-0.3, -0.25) is 4.79 Å². The van der Waals surface area contributed by atoms with Gasteiger partial charge in [0.2, 0.25) is 5.88 Å². The molecule has 5 rings (SSSR count). The molecule has 0 aliphatic carbocycles. The number of aromatic nitrogens is 4. The van der Waals surface area contributed by atoms with Crippen LogP contribution >= 0.6 is 0 Å². The number of amides is 1. The monoisotopic (exact) mass is 443 g/mol. The van der Waals surface area contributed by atoms with Gasteiger partial charge in [0.05, 0.1) is 43.5 Å². The van der Waals surface area contributed by atoms with E-state index in [1.807, 2.05) is 53.4 Å². The van der Waals surface area contributed by atoms with Crippen molar-refractivity contribution in [2.24, 2.45) is 0 Å². The van der Waals surface area contributed by atoms with Crippen LogP contribution in [0.15, 0.2) is 67.1 Å². The second-order valence-corrected chi connectivity index (χ2v) is 8.14. The van der Waals surface area contributed by atoms with Gasteiger partial charge < -0.3 is 14.4 Å². The number of hydrogen-bond acceptors (Lipinski definition) is 6. The molecule has 33 heavy (non-hydrogen) atoms. The molecule has 2 aromatic heterocycles. The first-order valence-electron chi connectivity index (χ1n) is 11.0. The Morgan fingerprint density at radius 3 is 2.52 bits per heavy atom. The number of piperidine rings is 1. The summed E-state index contributed by atoms with van der Waals surface area (Å²) in [6.45, 7) is 2.55. The molecule has 168 valence electrons. The van der Waals surface area contributed by atoms with Gasteiger partial charge in [0.1, 0.15) is 11.9 Å². The number of rotatable bonds is 5. The smallest absolute Gasteiger partial charge is 0.256 e. The first-order valence-corrected chi connectivity index (χ1v) is 11.0. The lowest BCUT2D eigenvalue weighted by Gasteiger charge is -2.38. The number of fused-ring (bicyclic) bond motifs is 1. The lowest BCUT2D eigenvalue weighted by Crippen LogP contribution is -2.49. The lowest BCUT2D eigenvalue weighted by molar-refractivity contribution is 0.0377. The highest BCUT2D eigenvalue weighted by atomic mass is 16.5. The first-order chi connectivity index (χ1) is 16.2. The molecule has 0 radical (unpaired) electrons. The van der Waals surface area contributed by atoms with Crippen LogP contribution in [0.25, 0.3) is 16.5 Å². The molecule has 1 amide bonds. The number of carbonyl (C=O) groups excluding carboxylic acids is 1. The molecule has 0 spiro atoms. The van der Waals surface area contributed by atoms with Gasteiger partial charge in [-0.25, -0.2) is 4.98 Å². The first kappa shape index (κ1) is 20.9. The van der Waals surface area contributed by atoms with Gasteiger partial charge in [0.25, 0.3) is 5.91 Å². The Labute approximate surface area is 191 Å². The van der Waals surface area contributed by atoms with Gasteiger partial charge in [0.15, 0.2) is 0 Å². The quantitative estimate of drug-likeness (QED) is 0.465. The van der Waals surface area contributed by atoms with Gasteiger partial charge in [-0.1, -0.05) is 30.3 Å². The molecule has 8 heteroatoms. The molecule has 0 unspecified atom stereocenters. The third kappa shape index (κ3) is 4.00. The second kappa shape index (κ2) is 8.90. The van der Waals surface area contributed by atoms with Gasteiger partial charge >= 0.3 is 0 Å². The standard InChI is InChI=1S/C25H25N5O3/c1-17-11-12-18(33-24-20-8-4-3-7-19(20)23(32-2)15-26-24)16-29(17)25(31)21-9-5-6-10-22(21)30-27-13-14-28-30/h3-10,13-15,17-18H,11-12,16H2,1-2H3/t17-,18-/m1/s1. The van der Waals surface area contributed by atoms with Crippen LogP contribution in [0.2, 0.25) is 0 Å². The summed E-state index contributed by atoms with van der Waals surface area (Å²) in [5.74, 6) is 1.20. The van der Waals surface area contributed by atoms with Crippen LogP contribution in [0.3, 0.4) is 0 Å². The van der Waals surface area contributed by atoms with E-state index < -0.39 is 0 Å². The third-order valence-electron chi connectivity index (χ3n) is 6.09. The number of carbonyl (C=O) groups is 1. The fourth-order valence-electron chi connectivity index (χ4n) is 4.33. The number of likely N-dealkylation sites (tertiary alicyclic amines) is 1. The summed E-state index contributed by atoms with van der Waals surface area (Å²) in [4.78, 5) is 21.4. The fourth-order valence-corrected chi connectivity index (χ4v) is 4.33. The fraction of sp³-hybridized carbons (Fsp3) is 0.280. The molecule has 1 aliphatic rings. The van der Waals surface area contributed by atoms with E-state index in [0.29, 0.717) is 29.4 Å². The SMILES string of the molecule is COc1cnc(O[C@@H]2CC[C@@H](C)N(C(=O)c3ccccc3-n3nccn3)C2)c2ccccc12. The number of methoxy groups -OCH3 is 1. The van der Waals surface area contributed by atoms with Crippen LogP contribution in [0.5, 0.6) is 11.6 Å². The van der Waals surface area contributed by atoms with E-state index >= 15 is 0 Å². The van der Waals surface area contributed by atoms with Crippen molar-refractivity contribution in [2.75, 3.05) is 13.7 Å².